The molecule has 0 aromatic heterocycles. The van der Waals surface area contributed by atoms with Crippen LogP contribution in [-0.4, -0.2) is 0 Å². The van der Waals surface area contributed by atoms with Crippen molar-refractivity contribution in [2.24, 2.45) is 34.5 Å². The van der Waals surface area contributed by atoms with Gasteiger partial charge in [-0.3, -0.25) is 0 Å². The third-order valence-corrected chi connectivity index (χ3v) is 7.80. The Morgan fingerprint density at radius 1 is 0.895 bits per heavy atom. The van der Waals surface area contributed by atoms with Gasteiger partial charge in [-0.15, -0.1) is 0 Å². The molecular formula is C19H30. The maximum absolute atomic E-state index is 2.70. The molecule has 0 aliphatic heterocycles. The van der Waals surface area contributed by atoms with Crippen molar-refractivity contribution < 1.29 is 0 Å². The number of rotatable bonds is 0. The molecule has 6 atom stereocenters. The molecule has 1 unspecified atom stereocenters. The molecule has 3 fully saturated rings. The zero-order valence-electron chi connectivity index (χ0n) is 12.8. The second kappa shape index (κ2) is 4.12. The maximum atomic E-state index is 2.70. The van der Waals surface area contributed by atoms with Crippen LogP contribution in [0, 0.1) is 34.5 Å². The first kappa shape index (κ1) is 12.5. The van der Waals surface area contributed by atoms with E-state index in [1.54, 1.807) is 0 Å². The largest absolute Gasteiger partial charge is 0.0840 e. The average molecular weight is 258 g/mol. The lowest BCUT2D eigenvalue weighted by Gasteiger charge is -2.57. The summed E-state index contributed by atoms with van der Waals surface area (Å²) in [7, 11) is 0. The Kier molecular flexibility index (Phi) is 2.71. The topological polar surface area (TPSA) is 0 Å². The molecule has 0 nitrogen and oxygen atoms in total. The van der Waals surface area contributed by atoms with Crippen LogP contribution in [0.15, 0.2) is 12.2 Å². The van der Waals surface area contributed by atoms with Crippen molar-refractivity contribution in [1.29, 1.82) is 0 Å². The molecular weight excluding hydrogens is 228 g/mol. The number of allylic oxidation sites excluding steroid dienone is 2. The van der Waals surface area contributed by atoms with Crippen LogP contribution in [-0.2, 0) is 0 Å². The Bertz CT molecular complexity index is 395. The van der Waals surface area contributed by atoms with Gasteiger partial charge >= 0.3 is 0 Å². The normalized spacial score (nSPS) is 56.3. The number of fused-ring (bicyclic) bond motifs is 5. The summed E-state index contributed by atoms with van der Waals surface area (Å²) in [5.74, 6) is 4.00. The predicted octanol–water partition coefficient (Wildman–Crippen LogP) is 5.59. The maximum Gasteiger partial charge on any atom is -0.0115 e. The minimum absolute atomic E-state index is 0.568. The zero-order chi connectivity index (χ0) is 13.1. The van der Waals surface area contributed by atoms with Gasteiger partial charge in [0.25, 0.3) is 0 Å². The molecule has 0 saturated heterocycles. The van der Waals surface area contributed by atoms with Crippen LogP contribution in [0.2, 0.25) is 0 Å². The van der Waals surface area contributed by atoms with Crippen molar-refractivity contribution in [2.75, 3.05) is 0 Å². The van der Waals surface area contributed by atoms with Crippen molar-refractivity contribution in [3.8, 4) is 0 Å². The summed E-state index contributed by atoms with van der Waals surface area (Å²) < 4.78 is 0. The van der Waals surface area contributed by atoms with Crippen molar-refractivity contribution in [1.82, 2.24) is 0 Å². The predicted molar refractivity (Wildman–Crippen MR) is 80.9 cm³/mol. The van der Waals surface area contributed by atoms with E-state index < -0.39 is 0 Å². The van der Waals surface area contributed by atoms with Crippen LogP contribution < -0.4 is 0 Å². The highest BCUT2D eigenvalue weighted by Crippen LogP contribution is 2.63. The van der Waals surface area contributed by atoms with E-state index in [1.807, 2.05) is 0 Å². The lowest BCUT2D eigenvalue weighted by atomic mass is 9.47. The molecule has 0 bridgehead atoms. The molecule has 4 rings (SSSR count). The van der Waals surface area contributed by atoms with Crippen molar-refractivity contribution in [3.05, 3.63) is 12.2 Å². The van der Waals surface area contributed by atoms with Gasteiger partial charge in [0.2, 0.25) is 0 Å². The summed E-state index contributed by atoms with van der Waals surface area (Å²) in [6, 6.07) is 0. The molecule has 0 heterocycles. The van der Waals surface area contributed by atoms with E-state index in [4.69, 9.17) is 0 Å². The molecule has 0 aromatic carbocycles. The summed E-state index contributed by atoms with van der Waals surface area (Å²) in [4.78, 5) is 0. The fraction of sp³-hybridized carbons (Fsp3) is 0.895. The summed E-state index contributed by atoms with van der Waals surface area (Å²) in [6.07, 6.45) is 18.9. The summed E-state index contributed by atoms with van der Waals surface area (Å²) in [5.41, 5.74) is 1.22. The molecule has 0 heteroatoms. The van der Waals surface area contributed by atoms with E-state index in [1.165, 1.54) is 57.8 Å². The van der Waals surface area contributed by atoms with Gasteiger partial charge in [-0.25, -0.2) is 0 Å². The molecule has 106 valence electrons. The molecule has 4 aliphatic rings. The van der Waals surface area contributed by atoms with Crippen LogP contribution in [0.3, 0.4) is 0 Å². The second-order valence-corrected chi connectivity index (χ2v) is 8.58. The SMILES string of the molecule is C[C@]12CCCCC1CC[C@@H]1[C@@H]2C=C[C@]2(C)CCC[C@@H]12. The Morgan fingerprint density at radius 2 is 1.79 bits per heavy atom. The van der Waals surface area contributed by atoms with Gasteiger partial charge in [0, 0.05) is 0 Å². The van der Waals surface area contributed by atoms with Gasteiger partial charge in [-0.1, -0.05) is 45.3 Å². The molecule has 0 aromatic rings. The third-order valence-electron chi connectivity index (χ3n) is 7.80. The van der Waals surface area contributed by atoms with E-state index in [0.29, 0.717) is 10.8 Å². The first-order valence-electron chi connectivity index (χ1n) is 8.83. The Balaban J connectivity index is 1.71. The van der Waals surface area contributed by atoms with Crippen LogP contribution in [0.4, 0.5) is 0 Å². The second-order valence-electron chi connectivity index (χ2n) is 8.58. The van der Waals surface area contributed by atoms with Gasteiger partial charge in [-0.05, 0) is 73.0 Å². The van der Waals surface area contributed by atoms with Gasteiger partial charge in [0.15, 0.2) is 0 Å². The monoisotopic (exact) mass is 258 g/mol. The third kappa shape index (κ3) is 1.64. The summed E-state index contributed by atoms with van der Waals surface area (Å²) in [6.45, 7) is 5.20. The van der Waals surface area contributed by atoms with Gasteiger partial charge < -0.3 is 0 Å². The van der Waals surface area contributed by atoms with Gasteiger partial charge in [-0.2, -0.15) is 0 Å². The molecule has 19 heavy (non-hydrogen) atoms. The van der Waals surface area contributed by atoms with E-state index in [0.717, 1.165) is 23.7 Å². The lowest BCUT2D eigenvalue weighted by Crippen LogP contribution is -2.49. The number of hydrogen-bond acceptors (Lipinski definition) is 0. The highest BCUT2D eigenvalue weighted by Gasteiger charge is 2.55. The van der Waals surface area contributed by atoms with Crippen LogP contribution in [0.1, 0.15) is 71.6 Å². The number of hydrogen-bond donors (Lipinski definition) is 0. The van der Waals surface area contributed by atoms with E-state index in [2.05, 4.69) is 26.0 Å². The van der Waals surface area contributed by atoms with Crippen LogP contribution in [0.25, 0.3) is 0 Å². The first-order valence-corrected chi connectivity index (χ1v) is 8.83. The minimum Gasteiger partial charge on any atom is -0.0840 e. The first-order chi connectivity index (χ1) is 9.13. The smallest absolute Gasteiger partial charge is 0.0115 e. The fourth-order valence-electron chi connectivity index (χ4n) is 6.67. The van der Waals surface area contributed by atoms with E-state index in [-0.39, 0.29) is 0 Å². The Morgan fingerprint density at radius 3 is 2.68 bits per heavy atom. The Labute approximate surface area is 119 Å². The molecule has 0 radical (unpaired) electrons. The molecule has 4 aliphatic carbocycles. The van der Waals surface area contributed by atoms with Gasteiger partial charge in [0.05, 0.1) is 0 Å². The quantitative estimate of drug-likeness (QED) is 0.497. The zero-order valence-corrected chi connectivity index (χ0v) is 12.8. The molecule has 0 amide bonds. The Hall–Kier alpha value is -0.260. The van der Waals surface area contributed by atoms with E-state index in [9.17, 15) is 0 Å². The van der Waals surface area contributed by atoms with Crippen LogP contribution >= 0.6 is 0 Å². The molecule has 3 saturated carbocycles. The standard InChI is InChI=1S/C19H30/c1-18-11-5-7-16(18)15-9-8-14-6-3-4-12-19(14,2)17(15)10-13-18/h10,13-17H,3-9,11-12H2,1-2H3/t14?,15-,16-,17-,18-,19-/m0/s1. The van der Waals surface area contributed by atoms with Crippen molar-refractivity contribution >= 4 is 0 Å². The van der Waals surface area contributed by atoms with Crippen molar-refractivity contribution in [3.63, 3.8) is 0 Å². The minimum atomic E-state index is 0.568. The summed E-state index contributed by atoms with van der Waals surface area (Å²) in [5, 5.41) is 0. The molecule has 0 N–H and O–H groups in total. The van der Waals surface area contributed by atoms with Gasteiger partial charge in [0.1, 0.15) is 0 Å². The molecule has 0 spiro atoms. The lowest BCUT2D eigenvalue weighted by molar-refractivity contribution is -0.0487. The van der Waals surface area contributed by atoms with Crippen molar-refractivity contribution in [2.45, 2.75) is 71.6 Å². The van der Waals surface area contributed by atoms with Crippen LogP contribution in [0.5, 0.6) is 0 Å². The fourth-order valence-corrected chi connectivity index (χ4v) is 6.67. The highest BCUT2D eigenvalue weighted by atomic mass is 14.6. The van der Waals surface area contributed by atoms with E-state index >= 15 is 0 Å². The summed E-state index contributed by atoms with van der Waals surface area (Å²) >= 11 is 0. The average Bonchev–Trinajstić information content (AvgIpc) is 2.79. The highest BCUT2D eigenvalue weighted by molar-refractivity contribution is 5.18.